The Morgan fingerprint density at radius 3 is 2.67 bits per heavy atom. The van der Waals surface area contributed by atoms with Gasteiger partial charge in [0, 0.05) is 37.8 Å². The molecule has 1 aliphatic rings. The van der Waals surface area contributed by atoms with E-state index in [-0.39, 0.29) is 24.3 Å². The van der Waals surface area contributed by atoms with Crippen LogP contribution in [0.25, 0.3) is 0 Å². The van der Waals surface area contributed by atoms with Crippen molar-refractivity contribution in [3.63, 3.8) is 0 Å². The number of hydrogen-bond acceptors (Lipinski definition) is 3. The van der Waals surface area contributed by atoms with Crippen molar-refractivity contribution in [2.75, 3.05) is 33.3 Å². The molecule has 0 aromatic heterocycles. The van der Waals surface area contributed by atoms with E-state index in [2.05, 4.69) is 17.1 Å². The minimum absolute atomic E-state index is 0. The van der Waals surface area contributed by atoms with Gasteiger partial charge in [0.2, 0.25) is 0 Å². The lowest BCUT2D eigenvalue weighted by Gasteiger charge is -2.35. The summed E-state index contributed by atoms with van der Waals surface area (Å²) in [4.78, 5) is 2.39. The predicted octanol–water partition coefficient (Wildman–Crippen LogP) is 3.39. The molecule has 1 fully saturated rings. The average molecular weight is 317 g/mol. The summed E-state index contributed by atoms with van der Waals surface area (Å²) >= 11 is 0. The van der Waals surface area contributed by atoms with Gasteiger partial charge < -0.3 is 10.1 Å². The van der Waals surface area contributed by atoms with Gasteiger partial charge in [-0.3, -0.25) is 4.90 Å². The van der Waals surface area contributed by atoms with Crippen molar-refractivity contribution in [3.8, 4) is 5.75 Å². The summed E-state index contributed by atoms with van der Waals surface area (Å²) in [7, 11) is 1.52. The molecule has 1 aromatic rings. The van der Waals surface area contributed by atoms with Gasteiger partial charge in [-0.1, -0.05) is 31.9 Å². The highest BCUT2D eigenvalue weighted by Gasteiger charge is 2.25. The van der Waals surface area contributed by atoms with Crippen molar-refractivity contribution in [3.05, 3.63) is 29.6 Å². The second-order valence-electron chi connectivity index (χ2n) is 5.31. The van der Waals surface area contributed by atoms with Crippen LogP contribution >= 0.6 is 12.4 Å². The van der Waals surface area contributed by atoms with Crippen LogP contribution in [0.5, 0.6) is 5.75 Å². The predicted molar refractivity (Wildman–Crippen MR) is 86.9 cm³/mol. The van der Waals surface area contributed by atoms with Crippen molar-refractivity contribution in [2.45, 2.75) is 32.2 Å². The minimum atomic E-state index is -0.199. The van der Waals surface area contributed by atoms with Crippen molar-refractivity contribution in [1.29, 1.82) is 0 Å². The SMILES string of the molecule is CCCC[C@@H](c1cccc(OC)c1F)N1CCNCC1.Cl. The molecule has 0 saturated carbocycles. The topological polar surface area (TPSA) is 24.5 Å². The fourth-order valence-corrected chi connectivity index (χ4v) is 2.87. The largest absolute Gasteiger partial charge is 0.494 e. The zero-order chi connectivity index (χ0) is 14.4. The van der Waals surface area contributed by atoms with E-state index < -0.39 is 0 Å². The molecular formula is C16H26ClFN2O. The molecule has 2 rings (SSSR count). The summed E-state index contributed by atoms with van der Waals surface area (Å²) < 4.78 is 19.7. The quantitative estimate of drug-likeness (QED) is 0.870. The second kappa shape index (κ2) is 9.23. The van der Waals surface area contributed by atoms with E-state index in [1.54, 1.807) is 6.07 Å². The Hall–Kier alpha value is -0.840. The van der Waals surface area contributed by atoms with Gasteiger partial charge in [-0.25, -0.2) is 4.39 Å². The Morgan fingerprint density at radius 2 is 2.05 bits per heavy atom. The van der Waals surface area contributed by atoms with Crippen molar-refractivity contribution >= 4 is 12.4 Å². The summed E-state index contributed by atoms with van der Waals surface area (Å²) in [6, 6.07) is 5.64. The summed E-state index contributed by atoms with van der Waals surface area (Å²) in [6.45, 7) is 6.09. The average Bonchev–Trinajstić information content (AvgIpc) is 2.50. The van der Waals surface area contributed by atoms with Crippen LogP contribution in [0.15, 0.2) is 18.2 Å². The lowest BCUT2D eigenvalue weighted by Crippen LogP contribution is -2.45. The molecular weight excluding hydrogens is 291 g/mol. The second-order valence-corrected chi connectivity index (χ2v) is 5.31. The maximum atomic E-state index is 14.5. The number of hydrogen-bond donors (Lipinski definition) is 1. The third-order valence-electron chi connectivity index (χ3n) is 4.00. The lowest BCUT2D eigenvalue weighted by molar-refractivity contribution is 0.159. The fourth-order valence-electron chi connectivity index (χ4n) is 2.87. The third-order valence-corrected chi connectivity index (χ3v) is 4.00. The summed E-state index contributed by atoms with van der Waals surface area (Å²) in [5.41, 5.74) is 0.778. The molecule has 3 nitrogen and oxygen atoms in total. The molecule has 5 heteroatoms. The molecule has 21 heavy (non-hydrogen) atoms. The van der Waals surface area contributed by atoms with Gasteiger partial charge in [-0.2, -0.15) is 0 Å². The zero-order valence-electron chi connectivity index (χ0n) is 12.9. The molecule has 120 valence electrons. The number of benzene rings is 1. The van der Waals surface area contributed by atoms with Gasteiger partial charge in [0.05, 0.1) is 7.11 Å². The Morgan fingerprint density at radius 1 is 1.33 bits per heavy atom. The number of nitrogens with zero attached hydrogens (tertiary/aromatic N) is 1. The number of piperazine rings is 1. The first-order valence-electron chi connectivity index (χ1n) is 7.55. The maximum Gasteiger partial charge on any atom is 0.169 e. The highest BCUT2D eigenvalue weighted by atomic mass is 35.5. The Bertz CT molecular complexity index is 425. The fraction of sp³-hybridized carbons (Fsp3) is 0.625. The van der Waals surface area contributed by atoms with Gasteiger partial charge in [-0.05, 0) is 12.5 Å². The van der Waals surface area contributed by atoms with Crippen LogP contribution in [0.1, 0.15) is 37.8 Å². The van der Waals surface area contributed by atoms with Gasteiger partial charge in [0.15, 0.2) is 11.6 Å². The van der Waals surface area contributed by atoms with Gasteiger partial charge in [0.25, 0.3) is 0 Å². The molecule has 1 aliphatic heterocycles. The molecule has 0 radical (unpaired) electrons. The van der Waals surface area contributed by atoms with Crippen LogP contribution < -0.4 is 10.1 Å². The van der Waals surface area contributed by atoms with Crippen molar-refractivity contribution < 1.29 is 9.13 Å². The summed E-state index contributed by atoms with van der Waals surface area (Å²) in [5.74, 6) is 0.147. The molecule has 1 saturated heterocycles. The minimum Gasteiger partial charge on any atom is -0.494 e. The standard InChI is InChI=1S/C16H25FN2O.ClH/c1-3-4-7-14(19-11-9-18-10-12-19)13-6-5-8-15(20-2)16(13)17;/h5-6,8,14,18H,3-4,7,9-12H2,1-2H3;1H/t14-;/m0./s1. The normalized spacial score (nSPS) is 17.1. The molecule has 1 N–H and O–H groups in total. The van der Waals surface area contributed by atoms with Crippen molar-refractivity contribution in [2.24, 2.45) is 0 Å². The highest BCUT2D eigenvalue weighted by molar-refractivity contribution is 5.85. The Kier molecular flexibility index (Phi) is 8.01. The zero-order valence-corrected chi connectivity index (χ0v) is 13.7. The molecule has 0 bridgehead atoms. The number of rotatable bonds is 6. The number of unbranched alkanes of at least 4 members (excludes halogenated alkanes) is 1. The maximum absolute atomic E-state index is 14.5. The van der Waals surface area contributed by atoms with Crippen LogP contribution in [0, 0.1) is 5.82 Å². The van der Waals surface area contributed by atoms with Crippen LogP contribution in [0.3, 0.4) is 0 Å². The highest BCUT2D eigenvalue weighted by Crippen LogP contribution is 2.32. The van der Waals surface area contributed by atoms with Crippen LogP contribution in [-0.4, -0.2) is 38.2 Å². The van der Waals surface area contributed by atoms with Crippen LogP contribution in [0.2, 0.25) is 0 Å². The van der Waals surface area contributed by atoms with Crippen LogP contribution in [-0.2, 0) is 0 Å². The van der Waals surface area contributed by atoms with Gasteiger partial charge in [-0.15, -0.1) is 12.4 Å². The van der Waals surface area contributed by atoms with E-state index in [1.807, 2.05) is 12.1 Å². The molecule has 0 unspecified atom stereocenters. The van der Waals surface area contributed by atoms with E-state index in [0.29, 0.717) is 5.75 Å². The van der Waals surface area contributed by atoms with Crippen molar-refractivity contribution in [1.82, 2.24) is 10.2 Å². The molecule has 1 aromatic carbocycles. The Labute approximate surface area is 133 Å². The first-order valence-corrected chi connectivity index (χ1v) is 7.55. The first-order chi connectivity index (χ1) is 9.77. The molecule has 1 atom stereocenters. The monoisotopic (exact) mass is 316 g/mol. The van der Waals surface area contributed by atoms with E-state index in [9.17, 15) is 4.39 Å². The molecule has 0 spiro atoms. The first kappa shape index (κ1) is 18.2. The molecule has 1 heterocycles. The Balaban J connectivity index is 0.00000220. The summed E-state index contributed by atoms with van der Waals surface area (Å²) in [5, 5.41) is 3.35. The smallest absolute Gasteiger partial charge is 0.169 e. The third kappa shape index (κ3) is 4.56. The lowest BCUT2D eigenvalue weighted by atomic mass is 9.98. The van der Waals surface area contributed by atoms with Gasteiger partial charge in [0.1, 0.15) is 0 Å². The van der Waals surface area contributed by atoms with E-state index >= 15 is 0 Å². The van der Waals surface area contributed by atoms with Crippen LogP contribution in [0.4, 0.5) is 4.39 Å². The molecule has 0 amide bonds. The number of methoxy groups -OCH3 is 1. The summed E-state index contributed by atoms with van der Waals surface area (Å²) in [6.07, 6.45) is 3.25. The van der Waals surface area contributed by atoms with E-state index in [4.69, 9.17) is 4.74 Å². The van der Waals surface area contributed by atoms with Gasteiger partial charge >= 0.3 is 0 Å². The molecule has 0 aliphatic carbocycles. The number of ether oxygens (including phenoxy) is 1. The number of halogens is 2. The van der Waals surface area contributed by atoms with E-state index in [1.165, 1.54) is 7.11 Å². The number of nitrogens with one attached hydrogen (secondary N) is 1. The van der Waals surface area contributed by atoms with E-state index in [0.717, 1.165) is 51.0 Å².